The third kappa shape index (κ3) is 3.08. The van der Waals surface area contributed by atoms with Crippen molar-refractivity contribution in [2.45, 2.75) is 12.1 Å². The molecule has 2 rings (SSSR count). The van der Waals surface area contributed by atoms with Gasteiger partial charge in [0.05, 0.1) is 23.7 Å². The normalized spacial score (nSPS) is 25.2. The van der Waals surface area contributed by atoms with Gasteiger partial charge in [0, 0.05) is 17.6 Å². The van der Waals surface area contributed by atoms with Gasteiger partial charge in [-0.2, -0.15) is 0 Å². The molecule has 0 bridgehead atoms. The van der Waals surface area contributed by atoms with Crippen molar-refractivity contribution < 1.29 is 18.3 Å². The Morgan fingerprint density at radius 3 is 2.37 bits per heavy atom. The molecular weight excluding hydrogens is 290 g/mol. The highest BCUT2D eigenvalue weighted by Crippen LogP contribution is 2.20. The van der Waals surface area contributed by atoms with E-state index in [2.05, 4.69) is 0 Å². The number of rotatable bonds is 2. The molecule has 0 spiro atoms. The molecule has 0 radical (unpaired) electrons. The molecule has 0 unspecified atom stereocenters. The fourth-order valence-electron chi connectivity index (χ4n) is 2.13. The van der Waals surface area contributed by atoms with Crippen molar-refractivity contribution in [2.24, 2.45) is 0 Å². The second-order valence-electron chi connectivity index (χ2n) is 4.63. The maximum atomic E-state index is 12.2. The Bertz CT molecular complexity index is 584. The molecule has 1 fully saturated rings. The number of nitrogens with zero attached hydrogens (tertiary/aromatic N) is 1. The summed E-state index contributed by atoms with van der Waals surface area (Å²) in [4.78, 5) is 13.5. The Kier molecular flexibility index (Phi) is 3.85. The molecule has 2 atom stereocenters. The minimum atomic E-state index is -3.28. The molecule has 0 aliphatic carbocycles. The van der Waals surface area contributed by atoms with Gasteiger partial charge in [0.2, 0.25) is 0 Å². The number of amides is 1. The monoisotopic (exact) mass is 303 g/mol. The quantitative estimate of drug-likeness (QED) is 0.867. The highest BCUT2D eigenvalue weighted by Gasteiger charge is 2.40. The molecule has 1 aliphatic heterocycles. The lowest BCUT2D eigenvalue weighted by atomic mass is 10.1. The molecule has 1 amide bonds. The molecule has 1 N–H and O–H groups in total. The van der Waals surface area contributed by atoms with Crippen LogP contribution in [0.1, 0.15) is 10.4 Å². The summed E-state index contributed by atoms with van der Waals surface area (Å²) in [6, 6.07) is 5.61. The summed E-state index contributed by atoms with van der Waals surface area (Å²) >= 11 is 5.74. The highest BCUT2D eigenvalue weighted by atomic mass is 35.5. The van der Waals surface area contributed by atoms with E-state index in [1.807, 2.05) is 0 Å². The van der Waals surface area contributed by atoms with Crippen LogP contribution in [0.15, 0.2) is 24.3 Å². The maximum Gasteiger partial charge on any atom is 0.253 e. The second-order valence-corrected chi connectivity index (χ2v) is 7.22. The third-order valence-electron chi connectivity index (χ3n) is 3.20. The van der Waals surface area contributed by atoms with Gasteiger partial charge in [0.25, 0.3) is 5.91 Å². The molecule has 1 aromatic carbocycles. The van der Waals surface area contributed by atoms with Gasteiger partial charge in [0.1, 0.15) is 0 Å². The minimum absolute atomic E-state index is 0.204. The Morgan fingerprint density at radius 2 is 1.89 bits per heavy atom. The zero-order chi connectivity index (χ0) is 14.2. The first-order chi connectivity index (χ1) is 8.80. The lowest BCUT2D eigenvalue weighted by Gasteiger charge is -2.26. The number of sulfone groups is 1. The number of hydrogen-bond acceptors (Lipinski definition) is 4. The van der Waals surface area contributed by atoms with E-state index in [0.717, 1.165) is 0 Å². The number of carbonyl (C=O) groups is 1. The molecule has 19 heavy (non-hydrogen) atoms. The van der Waals surface area contributed by atoms with Crippen LogP contribution in [0.3, 0.4) is 0 Å². The van der Waals surface area contributed by atoms with Crippen molar-refractivity contribution in [3.8, 4) is 0 Å². The van der Waals surface area contributed by atoms with Crippen molar-refractivity contribution in [1.29, 1.82) is 0 Å². The number of benzene rings is 1. The smallest absolute Gasteiger partial charge is 0.253 e. The van der Waals surface area contributed by atoms with Crippen molar-refractivity contribution in [3.05, 3.63) is 34.9 Å². The molecule has 104 valence electrons. The summed E-state index contributed by atoms with van der Waals surface area (Å²) in [6.07, 6.45) is -1.04. The van der Waals surface area contributed by atoms with Gasteiger partial charge in [-0.25, -0.2) is 8.42 Å². The van der Waals surface area contributed by atoms with E-state index < -0.39 is 22.0 Å². The summed E-state index contributed by atoms with van der Waals surface area (Å²) < 4.78 is 22.9. The van der Waals surface area contributed by atoms with Crippen LogP contribution in [-0.4, -0.2) is 55.0 Å². The number of likely N-dealkylation sites (N-methyl/N-ethyl adjacent to an activating group) is 1. The van der Waals surface area contributed by atoms with E-state index >= 15 is 0 Å². The number of halogens is 1. The number of aliphatic hydroxyl groups excluding tert-OH is 1. The van der Waals surface area contributed by atoms with Crippen LogP contribution < -0.4 is 0 Å². The van der Waals surface area contributed by atoms with Crippen LogP contribution in [0, 0.1) is 0 Å². The Morgan fingerprint density at radius 1 is 1.32 bits per heavy atom. The highest BCUT2D eigenvalue weighted by molar-refractivity contribution is 7.91. The maximum absolute atomic E-state index is 12.2. The first-order valence-electron chi connectivity index (χ1n) is 5.71. The largest absolute Gasteiger partial charge is 0.390 e. The molecule has 7 heteroatoms. The number of aliphatic hydroxyl groups is 1. The van der Waals surface area contributed by atoms with E-state index in [4.69, 9.17) is 11.6 Å². The number of hydrogen-bond donors (Lipinski definition) is 1. The molecule has 1 saturated heterocycles. The average Bonchev–Trinajstić information content (AvgIpc) is 2.62. The van der Waals surface area contributed by atoms with Gasteiger partial charge in [-0.1, -0.05) is 11.6 Å². The lowest BCUT2D eigenvalue weighted by molar-refractivity contribution is 0.0581. The van der Waals surface area contributed by atoms with Crippen LogP contribution in [0.2, 0.25) is 5.02 Å². The average molecular weight is 304 g/mol. The SMILES string of the molecule is CN(C(=O)c1ccc(Cl)cc1)[C@@H]1CS(=O)(=O)C[C@@H]1O. The summed E-state index contributed by atoms with van der Waals surface area (Å²) in [6.45, 7) is 0. The fourth-order valence-corrected chi connectivity index (χ4v) is 4.10. The summed E-state index contributed by atoms with van der Waals surface area (Å²) in [5.74, 6) is -0.835. The molecule has 0 saturated carbocycles. The van der Waals surface area contributed by atoms with Crippen LogP contribution in [0.4, 0.5) is 0 Å². The van der Waals surface area contributed by atoms with Gasteiger partial charge >= 0.3 is 0 Å². The fraction of sp³-hybridized carbons (Fsp3) is 0.417. The van der Waals surface area contributed by atoms with E-state index in [0.29, 0.717) is 10.6 Å². The van der Waals surface area contributed by atoms with E-state index in [9.17, 15) is 18.3 Å². The topological polar surface area (TPSA) is 74.7 Å². The van der Waals surface area contributed by atoms with E-state index in [1.54, 1.807) is 24.3 Å². The summed E-state index contributed by atoms with van der Waals surface area (Å²) in [7, 11) is -1.79. The minimum Gasteiger partial charge on any atom is -0.390 e. The second kappa shape index (κ2) is 5.11. The van der Waals surface area contributed by atoms with Crippen molar-refractivity contribution in [1.82, 2.24) is 4.90 Å². The third-order valence-corrected chi connectivity index (χ3v) is 5.15. The van der Waals surface area contributed by atoms with E-state index in [1.165, 1.54) is 11.9 Å². The van der Waals surface area contributed by atoms with Gasteiger partial charge in [-0.15, -0.1) is 0 Å². The van der Waals surface area contributed by atoms with Crippen molar-refractivity contribution >= 4 is 27.3 Å². The van der Waals surface area contributed by atoms with Crippen molar-refractivity contribution in [2.75, 3.05) is 18.6 Å². The standard InChI is InChI=1S/C12H14ClNO4S/c1-14(10-6-19(17,18)7-11(10)15)12(16)8-2-4-9(13)5-3-8/h2-5,10-11,15H,6-7H2,1H3/t10-,11+/m1/s1. The summed E-state index contributed by atoms with van der Waals surface area (Å²) in [5, 5.41) is 10.3. The van der Waals surface area contributed by atoms with Gasteiger partial charge in [-0.3, -0.25) is 4.79 Å². The molecule has 1 aliphatic rings. The van der Waals surface area contributed by atoms with Gasteiger partial charge in [-0.05, 0) is 24.3 Å². The predicted molar refractivity (Wildman–Crippen MR) is 72.0 cm³/mol. The molecule has 1 heterocycles. The van der Waals surface area contributed by atoms with Crippen LogP contribution in [0.5, 0.6) is 0 Å². The zero-order valence-corrected chi connectivity index (χ0v) is 11.9. The van der Waals surface area contributed by atoms with E-state index in [-0.39, 0.29) is 17.4 Å². The first-order valence-corrected chi connectivity index (χ1v) is 7.91. The van der Waals surface area contributed by atoms with Crippen molar-refractivity contribution in [3.63, 3.8) is 0 Å². The Labute approximate surface area is 116 Å². The first kappa shape index (κ1) is 14.3. The molecule has 0 aromatic heterocycles. The molecule has 1 aromatic rings. The summed E-state index contributed by atoms with van der Waals surface area (Å²) in [5.41, 5.74) is 0.406. The van der Waals surface area contributed by atoms with Gasteiger partial charge < -0.3 is 10.0 Å². The van der Waals surface area contributed by atoms with Crippen LogP contribution in [-0.2, 0) is 9.84 Å². The Hall–Kier alpha value is -1.11. The van der Waals surface area contributed by atoms with Crippen LogP contribution in [0.25, 0.3) is 0 Å². The zero-order valence-electron chi connectivity index (χ0n) is 10.3. The van der Waals surface area contributed by atoms with Crippen LogP contribution >= 0.6 is 11.6 Å². The molecular formula is C12H14ClNO4S. The number of carbonyl (C=O) groups excluding carboxylic acids is 1. The lowest BCUT2D eigenvalue weighted by Crippen LogP contribution is -2.44. The Balaban J connectivity index is 2.18. The predicted octanol–water partition coefficient (Wildman–Crippen LogP) is 0.570. The van der Waals surface area contributed by atoms with Gasteiger partial charge in [0.15, 0.2) is 9.84 Å². The molecule has 5 nitrogen and oxygen atoms in total.